The number of pyridine rings is 2. The van der Waals surface area contributed by atoms with E-state index in [9.17, 15) is 0 Å². The van der Waals surface area contributed by atoms with E-state index in [0.29, 0.717) is 22.2 Å². The number of hydrogen-bond donors (Lipinski definition) is 1. The molecule has 0 spiro atoms. The molecule has 0 unspecified atom stereocenters. The predicted octanol–water partition coefficient (Wildman–Crippen LogP) is 3.06. The Morgan fingerprint density at radius 3 is 2.65 bits per heavy atom. The summed E-state index contributed by atoms with van der Waals surface area (Å²) in [5, 5.41) is 1.02. The topological polar surface area (TPSA) is 61.0 Å². The second-order valence-corrected chi connectivity index (χ2v) is 4.62. The molecule has 0 aliphatic carbocycles. The molecule has 2 aromatic heterocycles. The van der Waals surface area contributed by atoms with Gasteiger partial charge >= 0.3 is 0 Å². The number of rotatable bonds is 3. The monoisotopic (exact) mass is 281 g/mol. The minimum atomic E-state index is 0.316. The maximum absolute atomic E-state index is 5.77. The van der Waals surface area contributed by atoms with E-state index >= 15 is 0 Å². The highest BCUT2D eigenvalue weighted by Crippen LogP contribution is 2.27. The molecular formula is C15H11N3OS. The summed E-state index contributed by atoms with van der Waals surface area (Å²) >= 11 is 4.89. The fourth-order valence-corrected chi connectivity index (χ4v) is 1.98. The van der Waals surface area contributed by atoms with E-state index in [2.05, 4.69) is 9.97 Å². The number of ether oxygens (including phenoxy) is 1. The highest BCUT2D eigenvalue weighted by molar-refractivity contribution is 7.80. The van der Waals surface area contributed by atoms with Crippen LogP contribution in [0.4, 0.5) is 0 Å². The highest BCUT2D eigenvalue weighted by Gasteiger charge is 2.05. The van der Waals surface area contributed by atoms with Crippen LogP contribution in [0.3, 0.4) is 0 Å². The van der Waals surface area contributed by atoms with Crippen molar-refractivity contribution in [2.24, 2.45) is 5.73 Å². The van der Waals surface area contributed by atoms with Gasteiger partial charge in [0.15, 0.2) is 5.75 Å². The lowest BCUT2D eigenvalue weighted by molar-refractivity contribution is 0.467. The zero-order valence-corrected chi connectivity index (χ0v) is 11.3. The number of fused-ring (bicyclic) bond motifs is 1. The van der Waals surface area contributed by atoms with Crippen LogP contribution in [0.5, 0.6) is 11.6 Å². The van der Waals surface area contributed by atoms with Gasteiger partial charge in [0.1, 0.15) is 10.5 Å². The average Bonchev–Trinajstić information content (AvgIpc) is 2.48. The Labute approximate surface area is 121 Å². The summed E-state index contributed by atoms with van der Waals surface area (Å²) in [5.41, 5.74) is 7.04. The van der Waals surface area contributed by atoms with Crippen LogP contribution >= 0.6 is 12.2 Å². The molecule has 20 heavy (non-hydrogen) atoms. The Balaban J connectivity index is 1.95. The molecule has 0 fully saturated rings. The van der Waals surface area contributed by atoms with Crippen molar-refractivity contribution in [3.8, 4) is 11.6 Å². The first-order valence-corrected chi connectivity index (χ1v) is 6.42. The molecule has 4 nitrogen and oxygen atoms in total. The smallest absolute Gasteiger partial charge is 0.219 e. The highest BCUT2D eigenvalue weighted by atomic mass is 32.1. The summed E-state index contributed by atoms with van der Waals surface area (Å²) < 4.78 is 5.77. The summed E-state index contributed by atoms with van der Waals surface area (Å²) in [6, 6.07) is 13.2. The van der Waals surface area contributed by atoms with Gasteiger partial charge in [0.25, 0.3) is 0 Å². The van der Waals surface area contributed by atoms with Gasteiger partial charge in [-0.3, -0.25) is 4.98 Å². The van der Waals surface area contributed by atoms with E-state index in [1.54, 1.807) is 24.5 Å². The first kappa shape index (κ1) is 12.5. The molecule has 0 saturated carbocycles. The minimum absolute atomic E-state index is 0.316. The summed E-state index contributed by atoms with van der Waals surface area (Å²) in [6.45, 7) is 0. The summed E-state index contributed by atoms with van der Waals surface area (Å²) in [4.78, 5) is 8.83. The fourth-order valence-electron chi connectivity index (χ4n) is 1.86. The molecule has 0 bridgehead atoms. The van der Waals surface area contributed by atoms with Crippen LogP contribution in [0.2, 0.25) is 0 Å². The van der Waals surface area contributed by atoms with Crippen LogP contribution in [-0.2, 0) is 0 Å². The van der Waals surface area contributed by atoms with Crippen LogP contribution in [-0.4, -0.2) is 15.0 Å². The molecule has 0 radical (unpaired) electrons. The van der Waals surface area contributed by atoms with Gasteiger partial charge in [-0.05, 0) is 18.2 Å². The molecule has 98 valence electrons. The van der Waals surface area contributed by atoms with Crippen LogP contribution in [0.25, 0.3) is 10.9 Å². The average molecular weight is 281 g/mol. The van der Waals surface area contributed by atoms with Crippen molar-refractivity contribution in [2.45, 2.75) is 0 Å². The van der Waals surface area contributed by atoms with Gasteiger partial charge in [0.05, 0.1) is 0 Å². The third-order valence-corrected chi connectivity index (χ3v) is 3.07. The van der Waals surface area contributed by atoms with Gasteiger partial charge in [-0.2, -0.15) is 0 Å². The second-order valence-electron chi connectivity index (χ2n) is 4.18. The number of hydrogen-bond acceptors (Lipinski definition) is 4. The summed E-state index contributed by atoms with van der Waals surface area (Å²) in [6.07, 6.45) is 3.33. The molecule has 3 rings (SSSR count). The van der Waals surface area contributed by atoms with E-state index in [-0.39, 0.29) is 0 Å². The van der Waals surface area contributed by atoms with Crippen molar-refractivity contribution in [3.05, 3.63) is 60.4 Å². The van der Waals surface area contributed by atoms with E-state index in [4.69, 9.17) is 22.7 Å². The van der Waals surface area contributed by atoms with Gasteiger partial charge in [-0.15, -0.1) is 0 Å². The van der Waals surface area contributed by atoms with Gasteiger partial charge in [-0.25, -0.2) is 4.98 Å². The third kappa shape index (κ3) is 2.44. The minimum Gasteiger partial charge on any atom is -0.437 e. The third-order valence-electron chi connectivity index (χ3n) is 2.83. The van der Waals surface area contributed by atoms with Crippen LogP contribution in [0, 0.1) is 0 Å². The Kier molecular flexibility index (Phi) is 3.26. The Morgan fingerprint density at radius 1 is 1.05 bits per heavy atom. The quantitative estimate of drug-likeness (QED) is 0.748. The molecule has 2 heterocycles. The molecule has 2 N–H and O–H groups in total. The van der Waals surface area contributed by atoms with Gasteiger partial charge in [0, 0.05) is 29.4 Å². The Morgan fingerprint density at radius 2 is 1.90 bits per heavy atom. The lowest BCUT2D eigenvalue weighted by Gasteiger charge is -2.07. The van der Waals surface area contributed by atoms with Crippen molar-refractivity contribution in [1.29, 1.82) is 0 Å². The van der Waals surface area contributed by atoms with E-state index < -0.39 is 0 Å². The zero-order valence-electron chi connectivity index (χ0n) is 10.5. The molecule has 5 heteroatoms. The Hall–Kier alpha value is -2.53. The van der Waals surface area contributed by atoms with Crippen LogP contribution in [0.15, 0.2) is 54.9 Å². The molecule has 0 atom stereocenters. The lowest BCUT2D eigenvalue weighted by atomic mass is 10.2. The van der Waals surface area contributed by atoms with Crippen molar-refractivity contribution in [1.82, 2.24) is 9.97 Å². The molecule has 0 saturated heterocycles. The normalized spacial score (nSPS) is 10.4. The molecule has 0 aliphatic rings. The number of nitrogens with zero attached hydrogens (tertiary/aromatic N) is 2. The number of para-hydroxylation sites is 1. The van der Waals surface area contributed by atoms with E-state index in [1.165, 1.54) is 0 Å². The summed E-state index contributed by atoms with van der Waals surface area (Å²) in [7, 11) is 0. The fraction of sp³-hybridized carbons (Fsp3) is 0. The zero-order chi connectivity index (χ0) is 13.9. The van der Waals surface area contributed by atoms with Crippen molar-refractivity contribution in [3.63, 3.8) is 0 Å². The first-order chi connectivity index (χ1) is 9.74. The maximum Gasteiger partial charge on any atom is 0.219 e. The second kappa shape index (κ2) is 5.22. The molecule has 1 aromatic carbocycles. The first-order valence-electron chi connectivity index (χ1n) is 6.01. The number of benzene rings is 1. The summed E-state index contributed by atoms with van der Waals surface area (Å²) in [5.74, 6) is 1.14. The number of aromatic nitrogens is 2. The van der Waals surface area contributed by atoms with Crippen molar-refractivity contribution >= 4 is 28.1 Å². The molecular weight excluding hydrogens is 270 g/mol. The maximum atomic E-state index is 5.77. The number of nitrogens with two attached hydrogens (primary N) is 1. The van der Waals surface area contributed by atoms with Gasteiger partial charge in [0.2, 0.25) is 5.88 Å². The standard InChI is InChI=1S/C15H11N3OS/c16-15(20)11-6-7-13(18-9-11)19-12-5-1-3-10-4-2-8-17-14(10)12/h1-9H,(H2,16,20). The predicted molar refractivity (Wildman–Crippen MR) is 81.9 cm³/mol. The van der Waals surface area contributed by atoms with Crippen molar-refractivity contribution < 1.29 is 4.74 Å². The van der Waals surface area contributed by atoms with E-state index in [0.717, 1.165) is 10.9 Å². The largest absolute Gasteiger partial charge is 0.437 e. The van der Waals surface area contributed by atoms with Crippen molar-refractivity contribution in [2.75, 3.05) is 0 Å². The van der Waals surface area contributed by atoms with Crippen LogP contribution < -0.4 is 10.5 Å². The van der Waals surface area contributed by atoms with E-state index in [1.807, 2.05) is 30.3 Å². The number of thiocarbonyl (C=S) groups is 1. The molecule has 3 aromatic rings. The van der Waals surface area contributed by atoms with Gasteiger partial charge < -0.3 is 10.5 Å². The molecule has 0 aliphatic heterocycles. The molecule has 0 amide bonds. The van der Waals surface area contributed by atoms with Crippen LogP contribution in [0.1, 0.15) is 5.56 Å². The lowest BCUT2D eigenvalue weighted by Crippen LogP contribution is -2.09. The Bertz CT molecular complexity index is 766. The SMILES string of the molecule is NC(=S)c1ccc(Oc2cccc3cccnc23)nc1. The van der Waals surface area contributed by atoms with Gasteiger partial charge in [-0.1, -0.05) is 30.4 Å².